The van der Waals surface area contributed by atoms with Crippen molar-refractivity contribution in [3.63, 3.8) is 0 Å². The number of hydrogen-bond donors (Lipinski definition) is 1. The number of benzene rings is 2. The van der Waals surface area contributed by atoms with Crippen LogP contribution in [0.3, 0.4) is 0 Å². The van der Waals surface area contributed by atoms with Gasteiger partial charge in [0.15, 0.2) is 0 Å². The highest BCUT2D eigenvalue weighted by atomic mass is 35.5. The van der Waals surface area contributed by atoms with Gasteiger partial charge in [-0.25, -0.2) is 4.98 Å². The first kappa shape index (κ1) is 15.9. The Bertz CT molecular complexity index is 910. The van der Waals surface area contributed by atoms with Gasteiger partial charge in [0.2, 0.25) is 5.95 Å². The molecule has 25 heavy (non-hydrogen) atoms. The number of halogens is 1. The number of hydrogen-bond acceptors (Lipinski definition) is 4. The van der Waals surface area contributed by atoms with Crippen LogP contribution in [0.1, 0.15) is 17.5 Å². The Balaban J connectivity index is 1.63. The molecule has 0 saturated heterocycles. The predicted octanol–water partition coefficient (Wildman–Crippen LogP) is 5.27. The van der Waals surface area contributed by atoms with Crippen LogP contribution in [0.25, 0.3) is 0 Å². The lowest BCUT2D eigenvalue weighted by atomic mass is 10.0. The van der Waals surface area contributed by atoms with Crippen LogP contribution in [-0.2, 0) is 6.42 Å². The number of para-hydroxylation sites is 1. The molecular formula is C20H19ClN4. The number of aromatic nitrogens is 2. The fourth-order valence-corrected chi connectivity index (χ4v) is 3.31. The fraction of sp³-hybridized carbons (Fsp3) is 0.200. The molecule has 0 unspecified atom stereocenters. The first-order chi connectivity index (χ1) is 12.2. The van der Waals surface area contributed by atoms with Gasteiger partial charge in [-0.2, -0.15) is 4.98 Å². The zero-order valence-corrected chi connectivity index (χ0v) is 14.8. The monoisotopic (exact) mass is 350 g/mol. The summed E-state index contributed by atoms with van der Waals surface area (Å²) >= 11 is 6.20. The van der Waals surface area contributed by atoms with Crippen molar-refractivity contribution in [1.82, 2.24) is 9.97 Å². The maximum Gasteiger partial charge on any atom is 0.229 e. The van der Waals surface area contributed by atoms with Gasteiger partial charge in [0, 0.05) is 29.1 Å². The summed E-state index contributed by atoms with van der Waals surface area (Å²) in [6, 6.07) is 16.3. The number of nitrogens with zero attached hydrogens (tertiary/aromatic N) is 3. The minimum absolute atomic E-state index is 0.570. The molecule has 5 heteroatoms. The van der Waals surface area contributed by atoms with Crippen LogP contribution in [0.4, 0.5) is 23.1 Å². The second-order valence-electron chi connectivity index (χ2n) is 6.21. The third-order valence-electron chi connectivity index (χ3n) is 4.46. The molecule has 4 rings (SSSR count). The third kappa shape index (κ3) is 3.30. The molecule has 0 radical (unpaired) electrons. The fourth-order valence-electron chi connectivity index (χ4n) is 3.13. The van der Waals surface area contributed by atoms with E-state index in [0.717, 1.165) is 41.5 Å². The second-order valence-corrected chi connectivity index (χ2v) is 6.62. The highest BCUT2D eigenvalue weighted by Gasteiger charge is 2.19. The zero-order valence-electron chi connectivity index (χ0n) is 14.0. The number of fused-ring (bicyclic) bond motifs is 1. The summed E-state index contributed by atoms with van der Waals surface area (Å²) in [5.41, 5.74) is 4.53. The van der Waals surface area contributed by atoms with Crippen LogP contribution < -0.4 is 10.2 Å². The van der Waals surface area contributed by atoms with Crippen molar-refractivity contribution in [3.05, 3.63) is 70.9 Å². The molecule has 126 valence electrons. The van der Waals surface area contributed by atoms with Crippen molar-refractivity contribution in [1.29, 1.82) is 0 Å². The maximum atomic E-state index is 6.20. The SMILES string of the molecule is Cc1ccc(Nc2nccc(N3CCCc4ccccc43)n2)cc1Cl. The molecule has 1 aliphatic heterocycles. The van der Waals surface area contributed by atoms with Crippen LogP contribution in [0.5, 0.6) is 0 Å². The number of rotatable bonds is 3. The standard InChI is InChI=1S/C20H19ClN4/c1-14-8-9-16(13-17(14)21)23-20-22-11-10-19(24-20)25-12-4-6-15-5-2-3-7-18(15)25/h2-3,5,7-11,13H,4,6,12H2,1H3,(H,22,23,24). The third-order valence-corrected chi connectivity index (χ3v) is 4.86. The van der Waals surface area contributed by atoms with E-state index in [-0.39, 0.29) is 0 Å². The van der Waals surface area contributed by atoms with E-state index < -0.39 is 0 Å². The van der Waals surface area contributed by atoms with E-state index >= 15 is 0 Å². The summed E-state index contributed by atoms with van der Waals surface area (Å²) in [5.74, 6) is 1.48. The average molecular weight is 351 g/mol. The van der Waals surface area contributed by atoms with Crippen LogP contribution >= 0.6 is 11.6 Å². The number of anilines is 4. The molecule has 1 aliphatic rings. The Morgan fingerprint density at radius 2 is 2.00 bits per heavy atom. The molecule has 0 spiro atoms. The smallest absolute Gasteiger partial charge is 0.229 e. The van der Waals surface area contributed by atoms with Crippen LogP contribution in [0.2, 0.25) is 5.02 Å². The lowest BCUT2D eigenvalue weighted by Crippen LogP contribution is -2.25. The first-order valence-electron chi connectivity index (χ1n) is 8.42. The summed E-state index contributed by atoms with van der Waals surface area (Å²) in [6.07, 6.45) is 4.03. The van der Waals surface area contributed by atoms with Gasteiger partial charge in [-0.15, -0.1) is 0 Å². The van der Waals surface area contributed by atoms with E-state index in [9.17, 15) is 0 Å². The van der Waals surface area contributed by atoms with E-state index in [2.05, 4.69) is 39.5 Å². The maximum absolute atomic E-state index is 6.20. The van der Waals surface area contributed by atoms with E-state index in [4.69, 9.17) is 16.6 Å². The quantitative estimate of drug-likeness (QED) is 0.699. The van der Waals surface area contributed by atoms with Crippen LogP contribution in [0, 0.1) is 6.92 Å². The van der Waals surface area contributed by atoms with Crippen molar-refractivity contribution in [2.24, 2.45) is 0 Å². The van der Waals surface area contributed by atoms with Crippen molar-refractivity contribution in [3.8, 4) is 0 Å². The molecule has 1 aromatic heterocycles. The summed E-state index contributed by atoms with van der Waals surface area (Å²) in [7, 11) is 0. The van der Waals surface area contributed by atoms with Gasteiger partial charge in [0.25, 0.3) is 0 Å². The molecule has 0 atom stereocenters. The first-order valence-corrected chi connectivity index (χ1v) is 8.80. The Morgan fingerprint density at radius 1 is 1.12 bits per heavy atom. The molecule has 0 bridgehead atoms. The Kier molecular flexibility index (Phi) is 4.28. The van der Waals surface area contributed by atoms with Crippen molar-refractivity contribution < 1.29 is 0 Å². The number of aryl methyl sites for hydroxylation is 2. The van der Waals surface area contributed by atoms with Crippen LogP contribution in [-0.4, -0.2) is 16.5 Å². The minimum Gasteiger partial charge on any atom is -0.326 e. The summed E-state index contributed by atoms with van der Waals surface area (Å²) in [5, 5.41) is 3.97. The van der Waals surface area contributed by atoms with E-state index in [1.807, 2.05) is 31.2 Å². The normalized spacial score (nSPS) is 13.4. The van der Waals surface area contributed by atoms with E-state index in [1.54, 1.807) is 6.20 Å². The Morgan fingerprint density at radius 3 is 2.88 bits per heavy atom. The van der Waals surface area contributed by atoms with Gasteiger partial charge in [0.05, 0.1) is 0 Å². The largest absolute Gasteiger partial charge is 0.326 e. The molecule has 3 aromatic rings. The lowest BCUT2D eigenvalue weighted by molar-refractivity contribution is 0.759. The van der Waals surface area contributed by atoms with Crippen molar-refractivity contribution >= 4 is 34.7 Å². The van der Waals surface area contributed by atoms with E-state index in [1.165, 1.54) is 11.3 Å². The molecular weight excluding hydrogens is 332 g/mol. The molecule has 0 aliphatic carbocycles. The number of nitrogens with one attached hydrogen (secondary N) is 1. The van der Waals surface area contributed by atoms with Gasteiger partial charge in [-0.1, -0.05) is 35.9 Å². The molecule has 4 nitrogen and oxygen atoms in total. The highest BCUT2D eigenvalue weighted by Crippen LogP contribution is 2.32. The van der Waals surface area contributed by atoms with Crippen molar-refractivity contribution in [2.75, 3.05) is 16.8 Å². The summed E-state index contributed by atoms with van der Waals surface area (Å²) in [6.45, 7) is 2.95. The zero-order chi connectivity index (χ0) is 17.2. The van der Waals surface area contributed by atoms with Gasteiger partial charge >= 0.3 is 0 Å². The van der Waals surface area contributed by atoms with Crippen molar-refractivity contribution in [2.45, 2.75) is 19.8 Å². The molecule has 1 N–H and O–H groups in total. The Labute approximate surface area is 152 Å². The highest BCUT2D eigenvalue weighted by molar-refractivity contribution is 6.31. The summed E-state index contributed by atoms with van der Waals surface area (Å²) < 4.78 is 0. The van der Waals surface area contributed by atoms with Crippen LogP contribution in [0.15, 0.2) is 54.7 Å². The molecule has 0 saturated carbocycles. The van der Waals surface area contributed by atoms with Gasteiger partial charge in [0.1, 0.15) is 5.82 Å². The molecule has 2 heterocycles. The van der Waals surface area contributed by atoms with E-state index in [0.29, 0.717) is 5.95 Å². The molecule has 2 aromatic carbocycles. The molecule has 0 amide bonds. The lowest BCUT2D eigenvalue weighted by Gasteiger charge is -2.30. The summed E-state index contributed by atoms with van der Waals surface area (Å²) in [4.78, 5) is 11.3. The minimum atomic E-state index is 0.570. The predicted molar refractivity (Wildman–Crippen MR) is 103 cm³/mol. The molecule has 0 fully saturated rings. The second kappa shape index (κ2) is 6.73. The topological polar surface area (TPSA) is 41.1 Å². The van der Waals surface area contributed by atoms with Gasteiger partial charge in [-0.05, 0) is 55.2 Å². The Hall–Kier alpha value is -2.59. The van der Waals surface area contributed by atoms with Gasteiger partial charge in [-0.3, -0.25) is 0 Å². The van der Waals surface area contributed by atoms with Gasteiger partial charge < -0.3 is 10.2 Å². The average Bonchev–Trinajstić information content (AvgIpc) is 2.64.